The van der Waals surface area contributed by atoms with Crippen molar-refractivity contribution in [1.29, 1.82) is 0 Å². The number of aliphatic carboxylic acids is 1. The monoisotopic (exact) mass is 207 g/mol. The first kappa shape index (κ1) is 10.1. The number of nitrogens with zero attached hydrogens (tertiary/aromatic N) is 1. The molecule has 0 aliphatic carbocycles. The minimum atomic E-state index is -0.841. The minimum Gasteiger partial charge on any atom is -0.480 e. The quantitative estimate of drug-likeness (QED) is 0.787. The van der Waals surface area contributed by atoms with Crippen LogP contribution in [0.1, 0.15) is 11.1 Å². The van der Waals surface area contributed by atoms with Crippen molar-refractivity contribution in [2.24, 2.45) is 0 Å². The Hall–Kier alpha value is -1.39. The molecule has 0 fully saturated rings. The number of rotatable bonds is 2. The van der Waals surface area contributed by atoms with Gasteiger partial charge in [-0.15, -0.1) is 0 Å². The lowest BCUT2D eigenvalue weighted by molar-refractivity contribution is -0.191. The van der Waals surface area contributed by atoms with Crippen LogP contribution >= 0.6 is 0 Å². The number of carboxylic acids is 1. The van der Waals surface area contributed by atoms with Gasteiger partial charge >= 0.3 is 5.97 Å². The highest BCUT2D eigenvalue weighted by Gasteiger charge is 2.31. The molecular formula is C11H13NO3. The Balaban J connectivity index is 2.30. The molecule has 0 spiro atoms. The minimum absolute atomic E-state index is 0.499. The summed E-state index contributed by atoms with van der Waals surface area (Å²) in [7, 11) is 1.50. The van der Waals surface area contributed by atoms with Crippen LogP contribution in [0.25, 0.3) is 0 Å². The Morgan fingerprint density at radius 1 is 1.47 bits per heavy atom. The highest BCUT2D eigenvalue weighted by atomic mass is 16.7. The number of fused-ring (bicyclic) bond motifs is 1. The Morgan fingerprint density at radius 2 is 2.13 bits per heavy atom. The summed E-state index contributed by atoms with van der Waals surface area (Å²) in [6.45, 7) is 0.531. The predicted octanol–water partition coefficient (Wildman–Crippen LogP) is 1.06. The number of benzene rings is 1. The summed E-state index contributed by atoms with van der Waals surface area (Å²) in [5.41, 5.74) is 2.23. The van der Waals surface area contributed by atoms with E-state index in [1.807, 2.05) is 24.3 Å². The fourth-order valence-electron chi connectivity index (χ4n) is 1.90. The molecule has 0 bridgehead atoms. The molecule has 0 unspecified atom stereocenters. The van der Waals surface area contributed by atoms with E-state index in [1.54, 1.807) is 0 Å². The van der Waals surface area contributed by atoms with Gasteiger partial charge in [-0.2, -0.15) is 5.06 Å². The van der Waals surface area contributed by atoms with Gasteiger partial charge in [0.05, 0.1) is 13.7 Å². The average molecular weight is 207 g/mol. The van der Waals surface area contributed by atoms with Gasteiger partial charge in [-0.25, -0.2) is 0 Å². The van der Waals surface area contributed by atoms with E-state index in [0.717, 1.165) is 11.1 Å². The van der Waals surface area contributed by atoms with Crippen LogP contribution in [0.15, 0.2) is 24.3 Å². The van der Waals surface area contributed by atoms with Crippen LogP contribution in [-0.2, 0) is 22.6 Å². The van der Waals surface area contributed by atoms with Crippen molar-refractivity contribution in [2.75, 3.05) is 7.11 Å². The lowest BCUT2D eigenvalue weighted by atomic mass is 9.96. The zero-order valence-electron chi connectivity index (χ0n) is 8.51. The Morgan fingerprint density at radius 3 is 2.73 bits per heavy atom. The Bertz CT molecular complexity index is 378. The summed E-state index contributed by atoms with van der Waals surface area (Å²) in [6, 6.07) is 7.27. The van der Waals surface area contributed by atoms with Gasteiger partial charge in [0.25, 0.3) is 0 Å². The summed E-state index contributed by atoms with van der Waals surface area (Å²) in [5.74, 6) is -0.841. The third-order valence-electron chi connectivity index (χ3n) is 2.73. The normalized spacial score (nSPS) is 21.0. The molecule has 0 saturated carbocycles. The van der Waals surface area contributed by atoms with Crippen molar-refractivity contribution in [1.82, 2.24) is 5.06 Å². The van der Waals surface area contributed by atoms with E-state index in [9.17, 15) is 4.79 Å². The van der Waals surface area contributed by atoms with Gasteiger partial charge in [-0.1, -0.05) is 24.3 Å². The zero-order chi connectivity index (χ0) is 10.8. The lowest BCUT2D eigenvalue weighted by Crippen LogP contribution is -2.44. The molecule has 0 saturated heterocycles. The molecule has 1 aliphatic rings. The molecular weight excluding hydrogens is 194 g/mol. The molecule has 1 aromatic rings. The third kappa shape index (κ3) is 1.86. The summed E-state index contributed by atoms with van der Waals surface area (Å²) >= 11 is 0. The van der Waals surface area contributed by atoms with Gasteiger partial charge in [0.1, 0.15) is 6.04 Å². The molecule has 1 N–H and O–H groups in total. The van der Waals surface area contributed by atoms with E-state index in [2.05, 4.69) is 0 Å². The summed E-state index contributed by atoms with van der Waals surface area (Å²) < 4.78 is 0. The zero-order valence-corrected chi connectivity index (χ0v) is 8.51. The van der Waals surface area contributed by atoms with Crippen LogP contribution in [0.4, 0.5) is 0 Å². The lowest BCUT2D eigenvalue weighted by Gasteiger charge is -2.32. The average Bonchev–Trinajstić information content (AvgIpc) is 2.27. The fourth-order valence-corrected chi connectivity index (χ4v) is 1.90. The van der Waals surface area contributed by atoms with Crippen molar-refractivity contribution in [3.05, 3.63) is 35.4 Å². The van der Waals surface area contributed by atoms with E-state index < -0.39 is 12.0 Å². The maximum absolute atomic E-state index is 11.0. The number of carboxylic acid groups (broad SMARTS) is 1. The molecule has 15 heavy (non-hydrogen) atoms. The molecule has 1 heterocycles. The van der Waals surface area contributed by atoms with E-state index in [1.165, 1.54) is 12.2 Å². The topological polar surface area (TPSA) is 49.8 Å². The molecule has 2 rings (SSSR count). The highest BCUT2D eigenvalue weighted by Crippen LogP contribution is 2.23. The Kier molecular flexibility index (Phi) is 2.70. The Labute approximate surface area is 88.0 Å². The van der Waals surface area contributed by atoms with Gasteiger partial charge in [0.15, 0.2) is 0 Å². The second kappa shape index (κ2) is 4.00. The van der Waals surface area contributed by atoms with Gasteiger partial charge < -0.3 is 9.94 Å². The number of hydrogen-bond acceptors (Lipinski definition) is 3. The van der Waals surface area contributed by atoms with Gasteiger partial charge in [-0.05, 0) is 11.1 Å². The van der Waals surface area contributed by atoms with Gasteiger partial charge in [0.2, 0.25) is 0 Å². The molecule has 0 radical (unpaired) electrons. The predicted molar refractivity (Wildman–Crippen MR) is 54.1 cm³/mol. The molecule has 1 atom stereocenters. The van der Waals surface area contributed by atoms with Crippen LogP contribution in [0.2, 0.25) is 0 Å². The van der Waals surface area contributed by atoms with Gasteiger partial charge in [0, 0.05) is 6.42 Å². The molecule has 0 amide bonds. The van der Waals surface area contributed by atoms with E-state index in [-0.39, 0.29) is 0 Å². The number of hydroxylamine groups is 2. The van der Waals surface area contributed by atoms with Crippen molar-refractivity contribution in [3.63, 3.8) is 0 Å². The van der Waals surface area contributed by atoms with E-state index >= 15 is 0 Å². The van der Waals surface area contributed by atoms with E-state index in [0.29, 0.717) is 13.0 Å². The SMILES string of the molecule is CON1Cc2ccccc2C[C@H]1C(=O)O. The van der Waals surface area contributed by atoms with Crippen molar-refractivity contribution < 1.29 is 14.7 Å². The number of carbonyl (C=O) groups is 1. The first-order valence-corrected chi connectivity index (χ1v) is 4.82. The van der Waals surface area contributed by atoms with Crippen molar-refractivity contribution >= 4 is 5.97 Å². The molecule has 80 valence electrons. The maximum Gasteiger partial charge on any atom is 0.323 e. The largest absolute Gasteiger partial charge is 0.480 e. The first-order valence-electron chi connectivity index (χ1n) is 4.82. The summed E-state index contributed by atoms with van der Waals surface area (Å²) in [6.07, 6.45) is 0.499. The first-order chi connectivity index (χ1) is 7.22. The maximum atomic E-state index is 11.0. The molecule has 1 aliphatic heterocycles. The third-order valence-corrected chi connectivity index (χ3v) is 2.73. The van der Waals surface area contributed by atoms with Crippen LogP contribution in [0.3, 0.4) is 0 Å². The summed E-state index contributed by atoms with van der Waals surface area (Å²) in [5, 5.41) is 10.5. The van der Waals surface area contributed by atoms with Crippen LogP contribution in [0, 0.1) is 0 Å². The second-order valence-corrected chi connectivity index (χ2v) is 3.58. The smallest absolute Gasteiger partial charge is 0.323 e. The van der Waals surface area contributed by atoms with Crippen molar-refractivity contribution in [3.8, 4) is 0 Å². The fraction of sp³-hybridized carbons (Fsp3) is 0.364. The van der Waals surface area contributed by atoms with Gasteiger partial charge in [-0.3, -0.25) is 4.79 Å². The van der Waals surface area contributed by atoms with Crippen LogP contribution < -0.4 is 0 Å². The molecule has 0 aromatic heterocycles. The van der Waals surface area contributed by atoms with Crippen molar-refractivity contribution in [2.45, 2.75) is 19.0 Å². The standard InChI is InChI=1S/C11H13NO3/c1-15-12-7-9-5-3-2-4-8(9)6-10(12)11(13)14/h2-5,10H,6-7H2,1H3,(H,13,14)/t10-/m0/s1. The van der Waals surface area contributed by atoms with E-state index in [4.69, 9.17) is 9.94 Å². The molecule has 4 heteroatoms. The highest BCUT2D eigenvalue weighted by molar-refractivity contribution is 5.74. The van der Waals surface area contributed by atoms with Crippen LogP contribution in [-0.4, -0.2) is 29.3 Å². The summed E-state index contributed by atoms with van der Waals surface area (Å²) in [4.78, 5) is 16.1. The number of hydrogen-bond donors (Lipinski definition) is 1. The second-order valence-electron chi connectivity index (χ2n) is 3.58. The van der Waals surface area contributed by atoms with Crippen LogP contribution in [0.5, 0.6) is 0 Å². The molecule has 1 aromatic carbocycles. The molecule has 4 nitrogen and oxygen atoms in total.